The average Bonchev–Trinajstić information content (AvgIpc) is 2.60. The van der Waals surface area contributed by atoms with Gasteiger partial charge in [-0.25, -0.2) is 16.8 Å². The first-order chi connectivity index (χ1) is 13.9. The van der Waals surface area contributed by atoms with E-state index in [9.17, 15) is 16.8 Å². The first-order valence-corrected chi connectivity index (χ1v) is 13.1. The normalized spacial score (nSPS) is 20.8. The third-order valence-corrected chi connectivity index (χ3v) is 9.50. The Morgan fingerprint density at radius 1 is 0.867 bits per heavy atom. The molecule has 2 aromatic rings. The molecule has 0 radical (unpaired) electrons. The molecule has 0 saturated carbocycles. The standard InChI is InChI=1S/C22H30N2O4S2/c1-15-13-16(2)22(17(3)14-15)29(25,26)23-20-9-11-21(12-10-20)30(27,28)24-18(4)7-6-8-19(24)5/h9-14,18-19,23H,6-8H2,1-5H3/t18-,19-/m0/s1. The van der Waals surface area contributed by atoms with Crippen LogP contribution in [0.1, 0.15) is 49.8 Å². The number of sulfonamides is 2. The number of nitrogens with zero attached hydrogens (tertiary/aromatic N) is 1. The summed E-state index contributed by atoms with van der Waals surface area (Å²) in [5.41, 5.74) is 2.67. The number of nitrogens with one attached hydrogen (secondary N) is 1. The Kier molecular flexibility index (Phi) is 6.32. The van der Waals surface area contributed by atoms with Gasteiger partial charge < -0.3 is 0 Å². The Morgan fingerprint density at radius 3 is 1.87 bits per heavy atom. The van der Waals surface area contributed by atoms with Crippen molar-refractivity contribution in [2.45, 2.75) is 75.8 Å². The van der Waals surface area contributed by atoms with Crippen LogP contribution in [0.15, 0.2) is 46.2 Å². The second kappa shape index (κ2) is 8.32. The number of anilines is 1. The molecule has 0 spiro atoms. The molecule has 1 fully saturated rings. The number of benzene rings is 2. The van der Waals surface area contributed by atoms with E-state index in [1.54, 1.807) is 18.2 Å². The number of piperidine rings is 1. The van der Waals surface area contributed by atoms with Gasteiger partial charge in [0.25, 0.3) is 10.0 Å². The molecule has 1 N–H and O–H groups in total. The molecule has 0 unspecified atom stereocenters. The molecule has 8 heteroatoms. The maximum atomic E-state index is 13.1. The lowest BCUT2D eigenvalue weighted by Gasteiger charge is -2.37. The molecule has 6 nitrogen and oxygen atoms in total. The average molecular weight is 451 g/mol. The van der Waals surface area contributed by atoms with E-state index in [-0.39, 0.29) is 21.9 Å². The van der Waals surface area contributed by atoms with Crippen LogP contribution in [0.25, 0.3) is 0 Å². The van der Waals surface area contributed by atoms with Crippen LogP contribution in [0.5, 0.6) is 0 Å². The highest BCUT2D eigenvalue weighted by molar-refractivity contribution is 7.92. The van der Waals surface area contributed by atoms with Gasteiger partial charge in [0.05, 0.1) is 9.79 Å². The number of hydrogen-bond donors (Lipinski definition) is 1. The van der Waals surface area contributed by atoms with Crippen molar-refractivity contribution in [2.24, 2.45) is 0 Å². The van der Waals surface area contributed by atoms with Crippen LogP contribution >= 0.6 is 0 Å². The van der Waals surface area contributed by atoms with Crippen molar-refractivity contribution >= 4 is 25.7 Å². The fraction of sp³-hybridized carbons (Fsp3) is 0.455. The monoisotopic (exact) mass is 450 g/mol. The highest BCUT2D eigenvalue weighted by atomic mass is 32.2. The van der Waals surface area contributed by atoms with Crippen molar-refractivity contribution < 1.29 is 16.8 Å². The quantitative estimate of drug-likeness (QED) is 0.733. The summed E-state index contributed by atoms with van der Waals surface area (Å²) in [7, 11) is -7.42. The first-order valence-electron chi connectivity index (χ1n) is 10.2. The molecule has 164 valence electrons. The molecular formula is C22H30N2O4S2. The lowest BCUT2D eigenvalue weighted by Crippen LogP contribution is -2.47. The minimum Gasteiger partial charge on any atom is -0.280 e. The molecule has 0 aliphatic carbocycles. The van der Waals surface area contributed by atoms with Crippen molar-refractivity contribution in [3.8, 4) is 0 Å². The van der Waals surface area contributed by atoms with Crippen LogP contribution < -0.4 is 4.72 Å². The Labute approximate surface area is 180 Å². The summed E-state index contributed by atoms with van der Waals surface area (Å²) >= 11 is 0. The van der Waals surface area contributed by atoms with Crippen LogP contribution in [0, 0.1) is 20.8 Å². The molecule has 1 aliphatic rings. The van der Waals surface area contributed by atoms with E-state index in [0.717, 1.165) is 24.8 Å². The second-order valence-electron chi connectivity index (χ2n) is 8.32. The lowest BCUT2D eigenvalue weighted by atomic mass is 10.0. The van der Waals surface area contributed by atoms with Gasteiger partial charge in [0, 0.05) is 17.8 Å². The van der Waals surface area contributed by atoms with E-state index >= 15 is 0 Å². The highest BCUT2D eigenvalue weighted by Gasteiger charge is 2.35. The molecule has 0 aromatic heterocycles. The van der Waals surface area contributed by atoms with E-state index in [4.69, 9.17) is 0 Å². The van der Waals surface area contributed by atoms with Crippen molar-refractivity contribution in [3.63, 3.8) is 0 Å². The maximum absolute atomic E-state index is 13.1. The summed E-state index contributed by atoms with van der Waals surface area (Å²) in [4.78, 5) is 0.425. The van der Waals surface area contributed by atoms with Gasteiger partial charge >= 0.3 is 0 Å². The fourth-order valence-electron chi connectivity index (χ4n) is 4.48. The van der Waals surface area contributed by atoms with Crippen LogP contribution in [0.4, 0.5) is 5.69 Å². The molecule has 30 heavy (non-hydrogen) atoms. The second-order valence-corrected chi connectivity index (χ2v) is 11.8. The Hall–Kier alpha value is -1.90. The lowest BCUT2D eigenvalue weighted by molar-refractivity contribution is 0.204. The van der Waals surface area contributed by atoms with Crippen LogP contribution in [0.3, 0.4) is 0 Å². The molecule has 0 amide bonds. The van der Waals surface area contributed by atoms with Gasteiger partial charge in [0.1, 0.15) is 0 Å². The van der Waals surface area contributed by atoms with E-state index in [2.05, 4.69) is 4.72 Å². The van der Waals surface area contributed by atoms with Gasteiger partial charge in [0.2, 0.25) is 10.0 Å². The van der Waals surface area contributed by atoms with E-state index in [0.29, 0.717) is 16.8 Å². The predicted molar refractivity (Wildman–Crippen MR) is 120 cm³/mol. The summed E-state index contributed by atoms with van der Waals surface area (Å²) < 4.78 is 56.3. The number of rotatable bonds is 5. The third-order valence-electron chi connectivity index (χ3n) is 5.67. The van der Waals surface area contributed by atoms with Crippen molar-refractivity contribution in [2.75, 3.05) is 4.72 Å². The third kappa shape index (κ3) is 4.40. The zero-order valence-electron chi connectivity index (χ0n) is 18.1. The van der Waals surface area contributed by atoms with Gasteiger partial charge in [-0.1, -0.05) is 24.1 Å². The number of aryl methyl sites for hydroxylation is 3. The summed E-state index contributed by atoms with van der Waals surface area (Å²) in [5.74, 6) is 0. The fourth-order valence-corrected chi connectivity index (χ4v) is 7.88. The molecule has 1 saturated heterocycles. The molecule has 1 aliphatic heterocycles. The van der Waals surface area contributed by atoms with Gasteiger partial charge in [-0.15, -0.1) is 0 Å². The molecule has 3 rings (SSSR count). The smallest absolute Gasteiger partial charge is 0.262 e. The zero-order valence-corrected chi connectivity index (χ0v) is 19.8. The Bertz CT molecular complexity index is 1110. The minimum atomic E-state index is -3.79. The zero-order chi connectivity index (χ0) is 22.3. The summed E-state index contributed by atoms with van der Waals surface area (Å²) in [6, 6.07) is 9.50. The first kappa shape index (κ1) is 22.8. The Balaban J connectivity index is 1.88. The van der Waals surface area contributed by atoms with Gasteiger partial charge in [0.15, 0.2) is 0 Å². The van der Waals surface area contributed by atoms with Gasteiger partial charge in [-0.3, -0.25) is 4.72 Å². The van der Waals surface area contributed by atoms with E-state index in [1.807, 2.05) is 32.9 Å². The van der Waals surface area contributed by atoms with E-state index < -0.39 is 20.0 Å². The van der Waals surface area contributed by atoms with Crippen molar-refractivity contribution in [1.82, 2.24) is 4.31 Å². The van der Waals surface area contributed by atoms with Gasteiger partial charge in [-0.05, 0) is 82.9 Å². The van der Waals surface area contributed by atoms with Crippen molar-refractivity contribution in [3.05, 3.63) is 53.1 Å². The minimum absolute atomic E-state index is 0.0515. The van der Waals surface area contributed by atoms with Gasteiger partial charge in [-0.2, -0.15) is 4.31 Å². The SMILES string of the molecule is Cc1cc(C)c(S(=O)(=O)Nc2ccc(S(=O)(=O)N3[C@@H](C)CCC[C@@H]3C)cc2)c(C)c1. The summed E-state index contributed by atoms with van der Waals surface area (Å²) in [6.45, 7) is 9.33. The molecule has 0 bridgehead atoms. The maximum Gasteiger partial charge on any atom is 0.262 e. The largest absolute Gasteiger partial charge is 0.280 e. The van der Waals surface area contributed by atoms with Crippen molar-refractivity contribution in [1.29, 1.82) is 0 Å². The number of hydrogen-bond acceptors (Lipinski definition) is 4. The summed E-state index contributed by atoms with van der Waals surface area (Å²) in [6.07, 6.45) is 2.71. The van der Waals surface area contributed by atoms with Crippen LogP contribution in [-0.4, -0.2) is 33.2 Å². The summed E-state index contributed by atoms with van der Waals surface area (Å²) in [5, 5.41) is 0. The van der Waals surface area contributed by atoms with Crippen LogP contribution in [-0.2, 0) is 20.0 Å². The topological polar surface area (TPSA) is 83.5 Å². The highest BCUT2D eigenvalue weighted by Crippen LogP contribution is 2.30. The van der Waals surface area contributed by atoms with Crippen LogP contribution in [0.2, 0.25) is 0 Å². The molecule has 2 atom stereocenters. The molecular weight excluding hydrogens is 420 g/mol. The van der Waals surface area contributed by atoms with E-state index in [1.165, 1.54) is 24.3 Å². The molecule has 2 aromatic carbocycles. The molecule has 1 heterocycles. The Morgan fingerprint density at radius 2 is 1.37 bits per heavy atom. The predicted octanol–water partition coefficient (Wildman–Crippen LogP) is 4.36.